The van der Waals surface area contributed by atoms with E-state index in [9.17, 15) is 9.59 Å². The Bertz CT molecular complexity index is 248. The van der Waals surface area contributed by atoms with Crippen molar-refractivity contribution in [3.63, 3.8) is 0 Å². The maximum atomic E-state index is 11.3. The summed E-state index contributed by atoms with van der Waals surface area (Å²) in [6.07, 6.45) is -0.503. The van der Waals surface area contributed by atoms with Crippen LogP contribution in [-0.4, -0.2) is 41.9 Å². The fourth-order valence-electron chi connectivity index (χ4n) is 0.955. The van der Waals surface area contributed by atoms with Gasteiger partial charge in [0.05, 0.1) is 6.54 Å². The molecule has 0 aliphatic heterocycles. The average molecular weight is 232 g/mol. The summed E-state index contributed by atoms with van der Waals surface area (Å²) in [5, 5.41) is 13.7. The van der Waals surface area contributed by atoms with Crippen LogP contribution >= 0.6 is 0 Å². The molecule has 16 heavy (non-hydrogen) atoms. The standard InChI is InChI=1S/C10H20N2O4/c1-7(5-11-6-8(13)14)12-9(15)16-10(2,3)4/h7,11H,5-6H2,1-4H3,(H,12,15)(H,13,14)/t7-/m0/s1. The lowest BCUT2D eigenvalue weighted by Crippen LogP contribution is -2.43. The Kier molecular flexibility index (Phi) is 5.81. The monoisotopic (exact) mass is 232 g/mol. The number of nitrogens with one attached hydrogen (secondary N) is 2. The molecule has 0 unspecified atom stereocenters. The Hall–Kier alpha value is -1.30. The Balaban J connectivity index is 3.74. The number of carbonyl (C=O) groups is 2. The van der Waals surface area contributed by atoms with Gasteiger partial charge in [-0.1, -0.05) is 0 Å². The number of carbonyl (C=O) groups excluding carboxylic acids is 1. The van der Waals surface area contributed by atoms with E-state index in [0.717, 1.165) is 0 Å². The zero-order valence-corrected chi connectivity index (χ0v) is 10.2. The van der Waals surface area contributed by atoms with E-state index in [1.165, 1.54) is 0 Å². The molecule has 0 saturated heterocycles. The number of carboxylic acid groups (broad SMARTS) is 1. The Morgan fingerprint density at radius 1 is 1.38 bits per heavy atom. The zero-order chi connectivity index (χ0) is 12.8. The van der Waals surface area contributed by atoms with Gasteiger partial charge in [-0.05, 0) is 27.7 Å². The smallest absolute Gasteiger partial charge is 0.407 e. The van der Waals surface area contributed by atoms with Gasteiger partial charge in [-0.3, -0.25) is 4.79 Å². The summed E-state index contributed by atoms with van der Waals surface area (Å²) in [6.45, 7) is 7.35. The van der Waals surface area contributed by atoms with Gasteiger partial charge in [0.2, 0.25) is 0 Å². The van der Waals surface area contributed by atoms with Crippen LogP contribution in [0.3, 0.4) is 0 Å². The summed E-state index contributed by atoms with van der Waals surface area (Å²) in [5.74, 6) is -0.926. The van der Waals surface area contributed by atoms with Crippen LogP contribution in [0.25, 0.3) is 0 Å². The summed E-state index contributed by atoms with van der Waals surface area (Å²) < 4.78 is 5.04. The third-order valence-electron chi connectivity index (χ3n) is 1.49. The van der Waals surface area contributed by atoms with E-state index in [0.29, 0.717) is 6.54 Å². The number of amides is 1. The minimum Gasteiger partial charge on any atom is -0.480 e. The van der Waals surface area contributed by atoms with Gasteiger partial charge in [-0.15, -0.1) is 0 Å². The molecule has 0 rings (SSSR count). The van der Waals surface area contributed by atoms with Crippen molar-refractivity contribution in [3.8, 4) is 0 Å². The summed E-state index contributed by atoms with van der Waals surface area (Å²) in [5.41, 5.74) is -0.529. The van der Waals surface area contributed by atoms with Crippen molar-refractivity contribution in [1.82, 2.24) is 10.6 Å². The van der Waals surface area contributed by atoms with Gasteiger partial charge < -0.3 is 20.5 Å². The fourth-order valence-corrected chi connectivity index (χ4v) is 0.955. The van der Waals surface area contributed by atoms with Gasteiger partial charge >= 0.3 is 12.1 Å². The molecule has 3 N–H and O–H groups in total. The lowest BCUT2D eigenvalue weighted by molar-refractivity contribution is -0.135. The molecule has 0 aromatic carbocycles. The molecule has 1 amide bonds. The normalized spacial score (nSPS) is 13.0. The van der Waals surface area contributed by atoms with E-state index in [4.69, 9.17) is 9.84 Å². The molecule has 0 aliphatic rings. The Morgan fingerprint density at radius 3 is 2.38 bits per heavy atom. The number of alkyl carbamates (subject to hydrolysis) is 1. The third-order valence-corrected chi connectivity index (χ3v) is 1.49. The van der Waals surface area contributed by atoms with E-state index < -0.39 is 17.7 Å². The quantitative estimate of drug-likeness (QED) is 0.645. The van der Waals surface area contributed by atoms with Crippen molar-refractivity contribution < 1.29 is 19.4 Å². The lowest BCUT2D eigenvalue weighted by atomic mass is 10.2. The highest BCUT2D eigenvalue weighted by molar-refractivity contribution is 5.69. The molecular formula is C10H20N2O4. The Morgan fingerprint density at radius 2 is 1.94 bits per heavy atom. The van der Waals surface area contributed by atoms with Crippen molar-refractivity contribution in [1.29, 1.82) is 0 Å². The molecule has 0 aromatic heterocycles. The van der Waals surface area contributed by atoms with Crippen LogP contribution in [0.15, 0.2) is 0 Å². The molecule has 0 bridgehead atoms. The second kappa shape index (κ2) is 6.32. The Labute approximate surface area is 95.4 Å². The van der Waals surface area contributed by atoms with Gasteiger partial charge in [0.1, 0.15) is 5.60 Å². The molecule has 6 nitrogen and oxygen atoms in total. The molecule has 0 spiro atoms. The van der Waals surface area contributed by atoms with Crippen LogP contribution < -0.4 is 10.6 Å². The van der Waals surface area contributed by atoms with E-state index in [-0.39, 0.29) is 12.6 Å². The molecule has 1 atom stereocenters. The number of ether oxygens (including phenoxy) is 1. The van der Waals surface area contributed by atoms with E-state index in [2.05, 4.69) is 10.6 Å². The second-order valence-electron chi connectivity index (χ2n) is 4.57. The predicted octanol–water partition coefficient (Wildman–Crippen LogP) is 0.574. The zero-order valence-electron chi connectivity index (χ0n) is 10.2. The SMILES string of the molecule is C[C@@H](CNCC(=O)O)NC(=O)OC(C)(C)C. The maximum Gasteiger partial charge on any atom is 0.407 e. The largest absolute Gasteiger partial charge is 0.480 e. The van der Waals surface area contributed by atoms with Crippen LogP contribution in [0, 0.1) is 0 Å². The minimum atomic E-state index is -0.926. The number of hydrogen-bond acceptors (Lipinski definition) is 4. The first-order valence-corrected chi connectivity index (χ1v) is 5.13. The van der Waals surface area contributed by atoms with Crippen molar-refractivity contribution in [2.45, 2.75) is 39.3 Å². The van der Waals surface area contributed by atoms with Gasteiger partial charge in [-0.2, -0.15) is 0 Å². The molecule has 94 valence electrons. The van der Waals surface area contributed by atoms with E-state index in [1.54, 1.807) is 27.7 Å². The molecule has 6 heteroatoms. The summed E-state index contributed by atoms with van der Waals surface area (Å²) in [6, 6.07) is -0.186. The first kappa shape index (κ1) is 14.7. The second-order valence-corrected chi connectivity index (χ2v) is 4.57. The van der Waals surface area contributed by atoms with E-state index in [1.807, 2.05) is 0 Å². The van der Waals surface area contributed by atoms with Crippen LogP contribution in [0.2, 0.25) is 0 Å². The molecule has 0 radical (unpaired) electrons. The first-order chi connectivity index (χ1) is 7.20. The van der Waals surface area contributed by atoms with E-state index >= 15 is 0 Å². The fraction of sp³-hybridized carbons (Fsp3) is 0.800. The average Bonchev–Trinajstić information content (AvgIpc) is 1.98. The number of rotatable bonds is 5. The van der Waals surface area contributed by atoms with Crippen molar-refractivity contribution >= 4 is 12.1 Å². The highest BCUT2D eigenvalue weighted by atomic mass is 16.6. The lowest BCUT2D eigenvalue weighted by Gasteiger charge is -2.21. The molecule has 0 aromatic rings. The van der Waals surface area contributed by atoms with Gasteiger partial charge in [0, 0.05) is 12.6 Å². The van der Waals surface area contributed by atoms with Crippen molar-refractivity contribution in [2.75, 3.05) is 13.1 Å². The highest BCUT2D eigenvalue weighted by Gasteiger charge is 2.17. The van der Waals surface area contributed by atoms with Crippen LogP contribution in [0.5, 0.6) is 0 Å². The predicted molar refractivity (Wildman–Crippen MR) is 59.3 cm³/mol. The summed E-state index contributed by atoms with van der Waals surface area (Å²) >= 11 is 0. The number of aliphatic carboxylic acids is 1. The minimum absolute atomic E-state index is 0.125. The van der Waals surface area contributed by atoms with Crippen LogP contribution in [0.1, 0.15) is 27.7 Å². The summed E-state index contributed by atoms with van der Waals surface area (Å²) in [4.78, 5) is 21.5. The maximum absolute atomic E-state index is 11.3. The molecular weight excluding hydrogens is 212 g/mol. The molecule has 0 heterocycles. The molecule has 0 aliphatic carbocycles. The highest BCUT2D eigenvalue weighted by Crippen LogP contribution is 2.06. The van der Waals surface area contributed by atoms with Crippen molar-refractivity contribution in [3.05, 3.63) is 0 Å². The van der Waals surface area contributed by atoms with Crippen molar-refractivity contribution in [2.24, 2.45) is 0 Å². The van der Waals surface area contributed by atoms with Gasteiger partial charge in [0.25, 0.3) is 0 Å². The summed E-state index contributed by atoms with van der Waals surface area (Å²) in [7, 11) is 0. The number of hydrogen-bond donors (Lipinski definition) is 3. The molecule has 0 saturated carbocycles. The van der Waals surface area contributed by atoms with Gasteiger partial charge in [0.15, 0.2) is 0 Å². The van der Waals surface area contributed by atoms with Crippen LogP contribution in [-0.2, 0) is 9.53 Å². The topological polar surface area (TPSA) is 87.7 Å². The van der Waals surface area contributed by atoms with Crippen LogP contribution in [0.4, 0.5) is 4.79 Å². The number of carboxylic acids is 1. The third kappa shape index (κ3) is 9.26. The molecule has 0 fully saturated rings. The first-order valence-electron chi connectivity index (χ1n) is 5.13. The van der Waals surface area contributed by atoms with Gasteiger partial charge in [-0.25, -0.2) is 4.79 Å².